The van der Waals surface area contributed by atoms with E-state index in [1.807, 2.05) is 0 Å². The molecule has 0 rings (SSSR count). The molecule has 170 valence electrons. The molecular formula is C24H54ClLiSi3. The molecule has 0 fully saturated rings. The Hall–Kier alpha value is 1.54. The van der Waals surface area contributed by atoms with Gasteiger partial charge in [-0.05, 0) is 0 Å². The largest absolute Gasteiger partial charge is 1.00 e. The van der Waals surface area contributed by atoms with Crippen molar-refractivity contribution >= 4 is 33.4 Å². The molecule has 0 aliphatic rings. The number of hydrogen-bond donors (Lipinski definition) is 0. The van der Waals surface area contributed by atoms with Crippen LogP contribution in [0.2, 0.25) is 30.2 Å². The van der Waals surface area contributed by atoms with Crippen molar-refractivity contribution in [1.29, 1.82) is 0 Å². The third kappa shape index (κ3) is 4.91. The number of halogens is 1. The normalized spacial score (nSPS) is 16.1. The quantitative estimate of drug-likeness (QED) is 0.300. The van der Waals surface area contributed by atoms with Crippen LogP contribution in [0.3, 0.4) is 0 Å². The monoisotopic (exact) mass is 468 g/mol. The van der Waals surface area contributed by atoms with Gasteiger partial charge in [0.1, 0.15) is 0 Å². The first-order valence-electron chi connectivity index (χ1n) is 11.2. The van der Waals surface area contributed by atoms with E-state index in [1.54, 1.807) is 0 Å². The van der Waals surface area contributed by atoms with Crippen LogP contribution in [0.5, 0.6) is 0 Å². The van der Waals surface area contributed by atoms with Gasteiger partial charge in [0.15, 0.2) is 0 Å². The molecule has 0 spiro atoms. The summed E-state index contributed by atoms with van der Waals surface area (Å²) < 4.78 is 0. The minimum absolute atomic E-state index is 0. The summed E-state index contributed by atoms with van der Waals surface area (Å²) in [7, 11) is -5.26. The van der Waals surface area contributed by atoms with Gasteiger partial charge >= 0.3 is 18.9 Å². The second kappa shape index (κ2) is 8.72. The Morgan fingerprint density at radius 3 is 0.552 bits per heavy atom. The van der Waals surface area contributed by atoms with Gasteiger partial charge in [-0.1, -0.05) is 170 Å². The third-order valence-corrected chi connectivity index (χ3v) is 51.5. The van der Waals surface area contributed by atoms with E-state index >= 15 is 0 Å². The first-order chi connectivity index (χ1) is 11.7. The molecule has 0 saturated carbocycles. The Bertz CT molecular complexity index is 422. The van der Waals surface area contributed by atoms with Crippen LogP contribution in [0.4, 0.5) is 0 Å². The first-order valence-corrected chi connectivity index (χ1v) is 19.7. The van der Waals surface area contributed by atoms with Gasteiger partial charge in [0.2, 0.25) is 0 Å². The van der Waals surface area contributed by atoms with Crippen molar-refractivity contribution in [3.05, 3.63) is 0 Å². The van der Waals surface area contributed by atoms with Crippen molar-refractivity contribution in [2.75, 3.05) is 0 Å². The van der Waals surface area contributed by atoms with E-state index in [-0.39, 0.29) is 49.1 Å². The zero-order valence-electron chi connectivity index (χ0n) is 23.9. The summed E-state index contributed by atoms with van der Waals surface area (Å²) in [5.41, 5.74) is 0. The zero-order chi connectivity index (χ0) is 23.6. The average molecular weight is 469 g/mol. The smallest absolute Gasteiger partial charge is 0.394 e. The van der Waals surface area contributed by atoms with Crippen molar-refractivity contribution < 1.29 is 18.9 Å². The van der Waals surface area contributed by atoms with Crippen molar-refractivity contribution in [1.82, 2.24) is 0 Å². The van der Waals surface area contributed by atoms with E-state index in [0.29, 0.717) is 0 Å². The maximum absolute atomic E-state index is 8.26. The fourth-order valence-electron chi connectivity index (χ4n) is 9.01. The van der Waals surface area contributed by atoms with E-state index in [1.165, 1.54) is 0 Å². The molecule has 0 aromatic heterocycles. The molecule has 0 heterocycles. The Balaban J connectivity index is 0. The zero-order valence-corrected chi connectivity index (χ0v) is 27.6. The molecular weight excluding hydrogens is 415 g/mol. The summed E-state index contributed by atoms with van der Waals surface area (Å²) in [5, 5.41) is 1.50. The minimum Gasteiger partial charge on any atom is -0.394 e. The molecule has 0 nitrogen and oxygen atoms in total. The summed E-state index contributed by atoms with van der Waals surface area (Å²) in [6.45, 7) is 45.4. The van der Waals surface area contributed by atoms with Crippen LogP contribution >= 0.6 is 11.1 Å². The molecule has 0 aromatic rings. The summed E-state index contributed by atoms with van der Waals surface area (Å²) in [6, 6.07) is 0. The first kappa shape index (κ1) is 32.7. The van der Waals surface area contributed by atoms with Gasteiger partial charge in [-0.3, -0.25) is 0 Å². The molecule has 0 N–H and O–H groups in total. The number of hydrogen-bond acceptors (Lipinski definition) is 0. The van der Waals surface area contributed by atoms with Crippen LogP contribution in [0.15, 0.2) is 0 Å². The van der Waals surface area contributed by atoms with Crippen LogP contribution < -0.4 is 18.9 Å². The van der Waals surface area contributed by atoms with Crippen molar-refractivity contribution in [3.63, 3.8) is 0 Å². The van der Waals surface area contributed by atoms with E-state index in [4.69, 9.17) is 11.1 Å². The summed E-state index contributed by atoms with van der Waals surface area (Å²) >= 11 is 8.26. The number of rotatable bonds is 2. The van der Waals surface area contributed by atoms with E-state index in [9.17, 15) is 0 Å². The van der Waals surface area contributed by atoms with Gasteiger partial charge in [0, 0.05) is 0 Å². The summed E-state index contributed by atoms with van der Waals surface area (Å²) in [4.78, 5) is 0. The van der Waals surface area contributed by atoms with Crippen LogP contribution in [-0.2, 0) is 0 Å². The van der Waals surface area contributed by atoms with Crippen LogP contribution in [0, 0.1) is 0 Å². The predicted molar refractivity (Wildman–Crippen MR) is 141 cm³/mol. The van der Waals surface area contributed by atoms with Gasteiger partial charge in [-0.15, -0.1) is 7.14 Å². The van der Waals surface area contributed by atoms with Crippen molar-refractivity contribution in [3.8, 4) is 0 Å². The molecule has 5 heteroatoms. The predicted octanol–water partition coefficient (Wildman–Crippen LogP) is 7.08. The van der Waals surface area contributed by atoms with Crippen molar-refractivity contribution in [2.45, 2.75) is 155 Å². The Morgan fingerprint density at radius 1 is 0.379 bits per heavy atom. The molecule has 0 aliphatic heterocycles. The summed E-state index contributed by atoms with van der Waals surface area (Å²) in [5.74, 6) is 0. The standard InChI is InChI=1S/C24H54ClSi3.Li/c1-19(2,3)27(20(4,5)6,21(7,8)9)26(25)28(22(10,11)12,23(13,14)15)24(16,17)18;/h1-18H3;/q-1;+1. The van der Waals surface area contributed by atoms with Gasteiger partial charge in [-0.25, -0.2) is 0 Å². The SMILES string of the molecule is CC(C)(C)[Si]([Si-](Cl)[Si](C(C)(C)C)(C(C)(C)C)C(C)(C)C)(C(C)(C)C)C(C)(C)C.[Li+]. The molecule has 0 amide bonds. The van der Waals surface area contributed by atoms with E-state index in [0.717, 1.165) is 0 Å². The Labute approximate surface area is 206 Å². The maximum Gasteiger partial charge on any atom is 1.00 e. The molecule has 0 saturated heterocycles. The summed E-state index contributed by atoms with van der Waals surface area (Å²) in [6.07, 6.45) is 0. The minimum atomic E-state index is -2.04. The van der Waals surface area contributed by atoms with Gasteiger partial charge in [-0.2, -0.15) is 0 Å². The fourth-order valence-corrected chi connectivity index (χ4v) is 81.2. The molecule has 0 aliphatic carbocycles. The van der Waals surface area contributed by atoms with E-state index in [2.05, 4.69) is 125 Å². The van der Waals surface area contributed by atoms with E-state index < -0.39 is 22.3 Å². The Kier molecular flexibility index (Phi) is 9.83. The molecule has 0 unspecified atom stereocenters. The maximum atomic E-state index is 8.26. The second-order valence-electron chi connectivity index (χ2n) is 15.3. The molecule has 0 radical (unpaired) electrons. The van der Waals surface area contributed by atoms with Gasteiger partial charge < -0.3 is 11.1 Å². The Morgan fingerprint density at radius 2 is 0.483 bits per heavy atom. The van der Waals surface area contributed by atoms with Crippen LogP contribution in [0.25, 0.3) is 0 Å². The van der Waals surface area contributed by atoms with Crippen molar-refractivity contribution in [2.24, 2.45) is 0 Å². The molecule has 29 heavy (non-hydrogen) atoms. The molecule has 0 atom stereocenters. The fraction of sp³-hybridized carbons (Fsp3) is 1.00. The molecule has 0 aromatic carbocycles. The average Bonchev–Trinajstić information content (AvgIpc) is 2.14. The van der Waals surface area contributed by atoms with Crippen LogP contribution in [-0.4, -0.2) is 22.3 Å². The third-order valence-electron chi connectivity index (χ3n) is 7.41. The van der Waals surface area contributed by atoms with Gasteiger partial charge in [0.05, 0.1) is 0 Å². The topological polar surface area (TPSA) is 0 Å². The van der Waals surface area contributed by atoms with Gasteiger partial charge in [0.25, 0.3) is 0 Å². The second-order valence-corrected chi connectivity index (χ2v) is 40.0. The molecule has 0 bridgehead atoms. The van der Waals surface area contributed by atoms with Crippen LogP contribution in [0.1, 0.15) is 125 Å².